The monoisotopic (exact) mass is 229 g/mol. The summed E-state index contributed by atoms with van der Waals surface area (Å²) in [6.45, 7) is 5.00. The first-order chi connectivity index (χ1) is 6.65. The maximum Gasteiger partial charge on any atom is 0.0449 e. The second-order valence-electron chi connectivity index (χ2n) is 3.42. The molecule has 0 saturated heterocycles. The molecule has 1 aromatic carbocycles. The highest BCUT2D eigenvalue weighted by atomic mass is 35.5. The van der Waals surface area contributed by atoms with E-state index in [9.17, 15) is 0 Å². The van der Waals surface area contributed by atoms with Crippen molar-refractivity contribution in [1.29, 1.82) is 0 Å². The molecule has 0 amide bonds. The zero-order valence-corrected chi connectivity index (χ0v) is 10.2. The maximum atomic E-state index is 6.12. The normalized spacial score (nSPS) is 10.9. The van der Waals surface area contributed by atoms with Crippen molar-refractivity contribution in [3.05, 3.63) is 28.8 Å². The van der Waals surface area contributed by atoms with Crippen LogP contribution in [0.2, 0.25) is 5.02 Å². The van der Waals surface area contributed by atoms with Crippen LogP contribution >= 0.6 is 23.4 Å². The van der Waals surface area contributed by atoms with E-state index in [0.29, 0.717) is 11.8 Å². The molecule has 0 heterocycles. The number of nitrogens with two attached hydrogens (primary N) is 1. The number of thioether (sulfide) groups is 1. The van der Waals surface area contributed by atoms with Gasteiger partial charge in [0.1, 0.15) is 0 Å². The van der Waals surface area contributed by atoms with Crippen LogP contribution in [0.5, 0.6) is 0 Å². The molecular formula is C11H16ClNS. The van der Waals surface area contributed by atoms with Crippen molar-refractivity contribution < 1.29 is 0 Å². The first kappa shape index (κ1) is 11.9. The standard InChI is InChI=1S/C11H16ClNS/c1-8(2)14-11-5-3-4-10(12)9(11)6-7-13/h3-5,8H,6-7,13H2,1-2H3. The van der Waals surface area contributed by atoms with Gasteiger partial charge in [-0.1, -0.05) is 31.5 Å². The number of benzene rings is 1. The Bertz CT molecular complexity index is 299. The lowest BCUT2D eigenvalue weighted by Crippen LogP contribution is -2.05. The van der Waals surface area contributed by atoms with Crippen LogP contribution < -0.4 is 5.73 Å². The predicted molar refractivity (Wildman–Crippen MR) is 65.2 cm³/mol. The molecule has 0 aliphatic carbocycles. The van der Waals surface area contributed by atoms with Gasteiger partial charge in [0, 0.05) is 15.2 Å². The van der Waals surface area contributed by atoms with E-state index < -0.39 is 0 Å². The summed E-state index contributed by atoms with van der Waals surface area (Å²) in [5, 5.41) is 1.41. The zero-order valence-electron chi connectivity index (χ0n) is 8.59. The Labute approximate surface area is 95.0 Å². The number of hydrogen-bond acceptors (Lipinski definition) is 2. The summed E-state index contributed by atoms with van der Waals surface area (Å²) in [4.78, 5) is 1.26. The highest BCUT2D eigenvalue weighted by Crippen LogP contribution is 2.31. The first-order valence-corrected chi connectivity index (χ1v) is 6.05. The largest absolute Gasteiger partial charge is 0.330 e. The first-order valence-electron chi connectivity index (χ1n) is 4.79. The van der Waals surface area contributed by atoms with Gasteiger partial charge in [-0.25, -0.2) is 0 Å². The highest BCUT2D eigenvalue weighted by molar-refractivity contribution is 8.00. The van der Waals surface area contributed by atoms with Crippen LogP contribution in [0.4, 0.5) is 0 Å². The third kappa shape index (κ3) is 3.19. The Morgan fingerprint density at radius 3 is 2.71 bits per heavy atom. The van der Waals surface area contributed by atoms with E-state index >= 15 is 0 Å². The van der Waals surface area contributed by atoms with Gasteiger partial charge in [0.25, 0.3) is 0 Å². The number of halogens is 1. The van der Waals surface area contributed by atoms with Crippen LogP contribution in [-0.2, 0) is 6.42 Å². The van der Waals surface area contributed by atoms with Gasteiger partial charge < -0.3 is 5.73 Å². The van der Waals surface area contributed by atoms with Crippen LogP contribution in [0.15, 0.2) is 23.1 Å². The average molecular weight is 230 g/mol. The van der Waals surface area contributed by atoms with Gasteiger partial charge in [0.15, 0.2) is 0 Å². The van der Waals surface area contributed by atoms with E-state index in [4.69, 9.17) is 17.3 Å². The van der Waals surface area contributed by atoms with Crippen LogP contribution in [-0.4, -0.2) is 11.8 Å². The summed E-state index contributed by atoms with van der Waals surface area (Å²) in [5.41, 5.74) is 6.75. The van der Waals surface area contributed by atoms with Crippen LogP contribution in [0, 0.1) is 0 Å². The third-order valence-corrected chi connectivity index (χ3v) is 3.29. The second-order valence-corrected chi connectivity index (χ2v) is 5.45. The minimum absolute atomic E-state index is 0.574. The molecule has 1 aromatic rings. The SMILES string of the molecule is CC(C)Sc1cccc(Cl)c1CCN. The summed E-state index contributed by atoms with van der Waals surface area (Å²) in [6.07, 6.45) is 0.856. The molecule has 0 atom stereocenters. The molecule has 0 spiro atoms. The van der Waals surface area contributed by atoms with Gasteiger partial charge >= 0.3 is 0 Å². The second kappa shape index (κ2) is 5.64. The van der Waals surface area contributed by atoms with E-state index in [1.54, 1.807) is 0 Å². The lowest BCUT2D eigenvalue weighted by atomic mass is 10.1. The van der Waals surface area contributed by atoms with Crippen LogP contribution in [0.25, 0.3) is 0 Å². The van der Waals surface area contributed by atoms with E-state index in [-0.39, 0.29) is 0 Å². The van der Waals surface area contributed by atoms with Gasteiger partial charge in [-0.2, -0.15) is 0 Å². The molecule has 0 aliphatic heterocycles. The average Bonchev–Trinajstić information content (AvgIpc) is 2.10. The Balaban J connectivity index is 2.95. The third-order valence-electron chi connectivity index (χ3n) is 1.83. The molecule has 3 heteroatoms. The van der Waals surface area contributed by atoms with Crippen molar-refractivity contribution in [1.82, 2.24) is 0 Å². The Hall–Kier alpha value is -0.180. The van der Waals surface area contributed by atoms with Gasteiger partial charge in [-0.05, 0) is 30.7 Å². The molecule has 14 heavy (non-hydrogen) atoms. The molecule has 0 saturated carbocycles. The Morgan fingerprint density at radius 2 is 2.14 bits per heavy atom. The molecule has 1 nitrogen and oxygen atoms in total. The van der Waals surface area contributed by atoms with Gasteiger partial charge in [-0.3, -0.25) is 0 Å². The Kier molecular flexibility index (Phi) is 4.79. The summed E-state index contributed by atoms with van der Waals surface area (Å²) < 4.78 is 0. The number of rotatable bonds is 4. The van der Waals surface area contributed by atoms with Gasteiger partial charge in [-0.15, -0.1) is 11.8 Å². The quantitative estimate of drug-likeness (QED) is 0.802. The van der Waals surface area contributed by atoms with Gasteiger partial charge in [0.2, 0.25) is 0 Å². The fourth-order valence-electron chi connectivity index (χ4n) is 1.29. The molecule has 78 valence electrons. The van der Waals surface area contributed by atoms with Crippen molar-refractivity contribution in [2.45, 2.75) is 30.4 Å². The van der Waals surface area contributed by atoms with Crippen molar-refractivity contribution in [3.63, 3.8) is 0 Å². The molecule has 0 aromatic heterocycles. The molecule has 0 fully saturated rings. The predicted octanol–water partition coefficient (Wildman–Crippen LogP) is 3.34. The molecule has 0 aliphatic rings. The van der Waals surface area contributed by atoms with Crippen molar-refractivity contribution in [2.24, 2.45) is 5.73 Å². The summed E-state index contributed by atoms with van der Waals surface area (Å²) in [5.74, 6) is 0. The van der Waals surface area contributed by atoms with Crippen LogP contribution in [0.1, 0.15) is 19.4 Å². The lowest BCUT2D eigenvalue weighted by molar-refractivity contribution is 0.942. The summed E-state index contributed by atoms with van der Waals surface area (Å²) >= 11 is 7.96. The van der Waals surface area contributed by atoms with Crippen LogP contribution in [0.3, 0.4) is 0 Å². The lowest BCUT2D eigenvalue weighted by Gasteiger charge is -2.11. The highest BCUT2D eigenvalue weighted by Gasteiger charge is 2.07. The minimum atomic E-state index is 0.574. The smallest absolute Gasteiger partial charge is 0.0449 e. The molecule has 1 rings (SSSR count). The maximum absolute atomic E-state index is 6.12. The fourth-order valence-corrected chi connectivity index (χ4v) is 2.63. The molecule has 0 bridgehead atoms. The van der Waals surface area contributed by atoms with Crippen molar-refractivity contribution >= 4 is 23.4 Å². The van der Waals surface area contributed by atoms with E-state index in [1.165, 1.54) is 10.5 Å². The summed E-state index contributed by atoms with van der Waals surface area (Å²) in [6, 6.07) is 6.03. The van der Waals surface area contributed by atoms with E-state index in [2.05, 4.69) is 19.9 Å². The van der Waals surface area contributed by atoms with Crippen molar-refractivity contribution in [3.8, 4) is 0 Å². The Morgan fingerprint density at radius 1 is 1.43 bits per heavy atom. The minimum Gasteiger partial charge on any atom is -0.330 e. The number of hydrogen-bond donors (Lipinski definition) is 1. The zero-order chi connectivity index (χ0) is 10.6. The van der Waals surface area contributed by atoms with E-state index in [1.807, 2.05) is 23.9 Å². The fraction of sp³-hybridized carbons (Fsp3) is 0.455. The van der Waals surface area contributed by atoms with Gasteiger partial charge in [0.05, 0.1) is 0 Å². The molecule has 0 radical (unpaired) electrons. The summed E-state index contributed by atoms with van der Waals surface area (Å²) in [7, 11) is 0. The topological polar surface area (TPSA) is 26.0 Å². The molecule has 2 N–H and O–H groups in total. The van der Waals surface area contributed by atoms with E-state index in [0.717, 1.165) is 11.4 Å². The molecular weight excluding hydrogens is 214 g/mol. The molecule has 0 unspecified atom stereocenters. The van der Waals surface area contributed by atoms with Crippen molar-refractivity contribution in [2.75, 3.05) is 6.54 Å².